The van der Waals surface area contributed by atoms with Crippen molar-refractivity contribution < 1.29 is 22.3 Å². The first-order chi connectivity index (χ1) is 13.9. The first-order valence-electron chi connectivity index (χ1n) is 9.58. The molecule has 1 aliphatic heterocycles. The molecule has 1 N–H and O–H groups in total. The maximum atomic E-state index is 13.4. The van der Waals surface area contributed by atoms with Gasteiger partial charge in [0.2, 0.25) is 15.9 Å². The number of piperidine rings is 1. The highest BCUT2D eigenvalue weighted by atomic mass is 32.2. The Morgan fingerprint density at radius 2 is 1.86 bits per heavy atom. The molecule has 0 bridgehead atoms. The second-order valence-corrected chi connectivity index (χ2v) is 9.06. The average molecular weight is 421 g/mol. The Morgan fingerprint density at radius 1 is 1.17 bits per heavy atom. The molecular formula is C21H25FN2O4S. The van der Waals surface area contributed by atoms with Gasteiger partial charge in [-0.2, -0.15) is 4.31 Å². The predicted octanol–water partition coefficient (Wildman–Crippen LogP) is 3.65. The monoisotopic (exact) mass is 420 g/mol. The quantitative estimate of drug-likeness (QED) is 0.742. The number of halogens is 1. The van der Waals surface area contributed by atoms with Crippen molar-refractivity contribution in [1.29, 1.82) is 0 Å². The highest BCUT2D eigenvalue weighted by Crippen LogP contribution is 2.27. The number of ether oxygens (including phenoxy) is 1. The fourth-order valence-corrected chi connectivity index (χ4v) is 4.95. The van der Waals surface area contributed by atoms with Crippen LogP contribution in [0.4, 0.5) is 10.1 Å². The third-order valence-electron chi connectivity index (χ3n) is 5.16. The lowest BCUT2D eigenvalue weighted by Gasteiger charge is -2.31. The van der Waals surface area contributed by atoms with E-state index in [-0.39, 0.29) is 16.7 Å². The maximum absolute atomic E-state index is 13.4. The van der Waals surface area contributed by atoms with Crippen LogP contribution in [0.15, 0.2) is 53.4 Å². The first-order valence-corrected chi connectivity index (χ1v) is 11.0. The number of rotatable bonds is 7. The third kappa shape index (κ3) is 5.55. The van der Waals surface area contributed by atoms with Crippen LogP contribution in [0, 0.1) is 11.7 Å². The zero-order chi connectivity index (χ0) is 20.9. The normalized spacial score (nSPS) is 15.8. The molecule has 0 atom stereocenters. The van der Waals surface area contributed by atoms with Crippen LogP contribution >= 0.6 is 0 Å². The minimum absolute atomic E-state index is 0.0187. The number of carbonyl (C=O) groups excluding carboxylic acids is 1. The van der Waals surface area contributed by atoms with Gasteiger partial charge in [0.15, 0.2) is 0 Å². The van der Waals surface area contributed by atoms with Crippen LogP contribution in [-0.2, 0) is 14.8 Å². The maximum Gasteiger partial charge on any atom is 0.243 e. The smallest absolute Gasteiger partial charge is 0.243 e. The summed E-state index contributed by atoms with van der Waals surface area (Å²) in [5.41, 5.74) is 0.715. The van der Waals surface area contributed by atoms with E-state index in [0.29, 0.717) is 44.5 Å². The molecule has 1 saturated heterocycles. The lowest BCUT2D eigenvalue weighted by Crippen LogP contribution is -2.38. The third-order valence-corrected chi connectivity index (χ3v) is 7.06. The summed E-state index contributed by atoms with van der Waals surface area (Å²) in [6.45, 7) is 0.757. The van der Waals surface area contributed by atoms with Gasteiger partial charge in [-0.3, -0.25) is 4.79 Å². The Balaban J connectivity index is 1.46. The van der Waals surface area contributed by atoms with Gasteiger partial charge in [0.25, 0.3) is 0 Å². The number of amides is 1. The van der Waals surface area contributed by atoms with Gasteiger partial charge in [-0.15, -0.1) is 0 Å². The van der Waals surface area contributed by atoms with E-state index in [0.717, 1.165) is 11.8 Å². The Morgan fingerprint density at radius 3 is 2.48 bits per heavy atom. The summed E-state index contributed by atoms with van der Waals surface area (Å²) in [6, 6.07) is 12.2. The standard InChI is InChI=1S/C21H25FN2O4S/c1-28-19-8-6-18(7-9-19)23-21(25)10-5-16-11-13-24(14-12-16)29(26,27)20-4-2-3-17(22)15-20/h2-4,6-9,15-16H,5,10-14H2,1H3,(H,23,25). The molecule has 2 aromatic rings. The summed E-state index contributed by atoms with van der Waals surface area (Å²) in [6.07, 6.45) is 2.46. The highest BCUT2D eigenvalue weighted by Gasteiger charge is 2.29. The van der Waals surface area contributed by atoms with Gasteiger partial charge >= 0.3 is 0 Å². The Kier molecular flexibility index (Phi) is 6.87. The summed E-state index contributed by atoms with van der Waals surface area (Å²) >= 11 is 0. The molecule has 0 unspecified atom stereocenters. The molecular weight excluding hydrogens is 395 g/mol. The second kappa shape index (κ2) is 9.37. The molecule has 1 aliphatic rings. The van der Waals surface area contributed by atoms with Crippen LogP contribution < -0.4 is 10.1 Å². The molecule has 6 nitrogen and oxygen atoms in total. The van der Waals surface area contributed by atoms with E-state index in [2.05, 4.69) is 5.32 Å². The van der Waals surface area contributed by atoms with Crippen LogP contribution in [0.3, 0.4) is 0 Å². The van der Waals surface area contributed by atoms with Crippen LogP contribution in [0.2, 0.25) is 0 Å². The van der Waals surface area contributed by atoms with Crippen LogP contribution in [0.5, 0.6) is 5.75 Å². The van der Waals surface area contributed by atoms with E-state index in [4.69, 9.17) is 4.74 Å². The van der Waals surface area contributed by atoms with Crippen molar-refractivity contribution in [2.24, 2.45) is 5.92 Å². The molecule has 0 spiro atoms. The number of benzene rings is 2. The van der Waals surface area contributed by atoms with Crippen LogP contribution in [0.25, 0.3) is 0 Å². The zero-order valence-electron chi connectivity index (χ0n) is 16.3. The fraction of sp³-hybridized carbons (Fsp3) is 0.381. The van der Waals surface area contributed by atoms with Crippen molar-refractivity contribution in [2.75, 3.05) is 25.5 Å². The first kappa shape index (κ1) is 21.3. The second-order valence-electron chi connectivity index (χ2n) is 7.12. The molecule has 29 heavy (non-hydrogen) atoms. The summed E-state index contributed by atoms with van der Waals surface area (Å²) in [7, 11) is -2.10. The SMILES string of the molecule is COc1ccc(NC(=O)CCC2CCN(S(=O)(=O)c3cccc(F)c3)CC2)cc1. The summed E-state index contributed by atoms with van der Waals surface area (Å²) < 4.78 is 45.2. The molecule has 8 heteroatoms. The summed E-state index contributed by atoms with van der Waals surface area (Å²) in [5.74, 6) is 0.382. The molecule has 0 saturated carbocycles. The van der Waals surface area contributed by atoms with Crippen molar-refractivity contribution >= 4 is 21.6 Å². The number of hydrogen-bond donors (Lipinski definition) is 1. The lowest BCUT2D eigenvalue weighted by molar-refractivity contribution is -0.116. The molecule has 0 radical (unpaired) electrons. The van der Waals surface area contributed by atoms with E-state index in [1.807, 2.05) is 0 Å². The number of anilines is 1. The van der Waals surface area contributed by atoms with E-state index in [1.54, 1.807) is 31.4 Å². The van der Waals surface area contributed by atoms with Crippen molar-refractivity contribution in [1.82, 2.24) is 4.31 Å². The van der Waals surface area contributed by atoms with Gasteiger partial charge in [-0.25, -0.2) is 12.8 Å². The molecule has 1 heterocycles. The molecule has 0 aliphatic carbocycles. The summed E-state index contributed by atoms with van der Waals surface area (Å²) in [4.78, 5) is 12.1. The van der Waals surface area contributed by atoms with Gasteiger partial charge in [-0.05, 0) is 67.6 Å². The Hall–Kier alpha value is -2.45. The number of sulfonamides is 1. The molecule has 156 valence electrons. The number of nitrogens with one attached hydrogen (secondary N) is 1. The zero-order valence-corrected chi connectivity index (χ0v) is 17.1. The van der Waals surface area contributed by atoms with Gasteiger partial charge in [0, 0.05) is 25.2 Å². The van der Waals surface area contributed by atoms with Crippen molar-refractivity contribution in [2.45, 2.75) is 30.6 Å². The van der Waals surface area contributed by atoms with Gasteiger partial charge in [0.1, 0.15) is 11.6 Å². The number of nitrogens with zero attached hydrogens (tertiary/aromatic N) is 1. The molecule has 3 rings (SSSR count). The Labute approximate surface area is 170 Å². The van der Waals surface area contributed by atoms with E-state index in [1.165, 1.54) is 22.5 Å². The lowest BCUT2D eigenvalue weighted by atomic mass is 9.93. The molecule has 1 amide bonds. The largest absolute Gasteiger partial charge is 0.497 e. The highest BCUT2D eigenvalue weighted by molar-refractivity contribution is 7.89. The molecule has 2 aromatic carbocycles. The summed E-state index contributed by atoms with van der Waals surface area (Å²) in [5, 5.41) is 2.86. The number of carbonyl (C=O) groups is 1. The van der Waals surface area contributed by atoms with Gasteiger partial charge in [-0.1, -0.05) is 6.07 Å². The Bertz CT molecular complexity index is 939. The van der Waals surface area contributed by atoms with Crippen molar-refractivity contribution in [3.05, 3.63) is 54.3 Å². The topological polar surface area (TPSA) is 75.7 Å². The molecule has 1 fully saturated rings. The van der Waals surface area contributed by atoms with Crippen molar-refractivity contribution in [3.63, 3.8) is 0 Å². The van der Waals surface area contributed by atoms with Crippen LogP contribution in [-0.4, -0.2) is 38.8 Å². The number of methoxy groups -OCH3 is 1. The number of hydrogen-bond acceptors (Lipinski definition) is 4. The molecule has 0 aromatic heterocycles. The van der Waals surface area contributed by atoms with Gasteiger partial charge in [0.05, 0.1) is 12.0 Å². The predicted molar refractivity (Wildman–Crippen MR) is 109 cm³/mol. The van der Waals surface area contributed by atoms with Crippen LogP contribution in [0.1, 0.15) is 25.7 Å². The van der Waals surface area contributed by atoms with Gasteiger partial charge < -0.3 is 10.1 Å². The van der Waals surface area contributed by atoms with E-state index in [9.17, 15) is 17.6 Å². The van der Waals surface area contributed by atoms with Crippen molar-refractivity contribution in [3.8, 4) is 5.75 Å². The van der Waals surface area contributed by atoms with E-state index < -0.39 is 15.8 Å². The van der Waals surface area contributed by atoms with E-state index >= 15 is 0 Å². The minimum Gasteiger partial charge on any atom is -0.497 e. The fourth-order valence-electron chi connectivity index (χ4n) is 3.45. The average Bonchev–Trinajstić information content (AvgIpc) is 2.73. The minimum atomic E-state index is -3.68.